The van der Waals surface area contributed by atoms with E-state index >= 15 is 0 Å². The van der Waals surface area contributed by atoms with Gasteiger partial charge in [0.25, 0.3) is 0 Å². The minimum atomic E-state index is -0.262. The number of nitrogens with two attached hydrogens (primary N) is 1. The number of carbonyl (C=O) groups is 1. The summed E-state index contributed by atoms with van der Waals surface area (Å²) in [5.74, 6) is 1.04. The van der Waals surface area contributed by atoms with Gasteiger partial charge in [-0.05, 0) is 42.3 Å². The third-order valence-electron chi connectivity index (χ3n) is 2.90. The van der Waals surface area contributed by atoms with E-state index in [4.69, 9.17) is 10.5 Å². The van der Waals surface area contributed by atoms with E-state index in [1.807, 2.05) is 37.3 Å². The van der Waals surface area contributed by atoms with Crippen LogP contribution in [-0.2, 0) is 16.0 Å². The molecule has 0 aliphatic carbocycles. The summed E-state index contributed by atoms with van der Waals surface area (Å²) < 4.78 is 10.4. The molecule has 20 heavy (non-hydrogen) atoms. The molecule has 2 rings (SSSR count). The highest BCUT2D eigenvalue weighted by molar-refractivity contribution is 5.72. The molecule has 104 valence electrons. The summed E-state index contributed by atoms with van der Waals surface area (Å²) in [5, 5.41) is 0. The molecule has 2 aromatic carbocycles. The highest BCUT2D eigenvalue weighted by atomic mass is 16.5. The van der Waals surface area contributed by atoms with Gasteiger partial charge in [-0.15, -0.1) is 0 Å². The van der Waals surface area contributed by atoms with E-state index in [-0.39, 0.29) is 12.4 Å². The Kier molecular flexibility index (Phi) is 4.25. The van der Waals surface area contributed by atoms with Crippen LogP contribution in [0.3, 0.4) is 0 Å². The monoisotopic (exact) mass is 271 g/mol. The number of hydrogen-bond acceptors (Lipinski definition) is 4. The summed E-state index contributed by atoms with van der Waals surface area (Å²) in [4.78, 5) is 11.2. The quantitative estimate of drug-likeness (QED) is 0.685. The third-order valence-corrected chi connectivity index (χ3v) is 2.90. The smallest absolute Gasteiger partial charge is 0.309 e. The lowest BCUT2D eigenvalue weighted by atomic mass is 10.1. The standard InChI is InChI=1S/C16H17NO3/c1-11-3-8-14(17)15(9-11)20-13-6-4-12(5-7-13)10-16(18)19-2/h3-9H,10,17H2,1-2H3. The maximum absolute atomic E-state index is 11.2. The largest absolute Gasteiger partial charge is 0.469 e. The molecule has 0 atom stereocenters. The van der Waals surface area contributed by atoms with Crippen LogP contribution in [0.4, 0.5) is 5.69 Å². The fourth-order valence-corrected chi connectivity index (χ4v) is 1.77. The number of esters is 1. The second-order valence-corrected chi connectivity index (χ2v) is 4.54. The highest BCUT2D eigenvalue weighted by Gasteiger charge is 2.05. The maximum Gasteiger partial charge on any atom is 0.309 e. The van der Waals surface area contributed by atoms with Crippen molar-refractivity contribution in [1.82, 2.24) is 0 Å². The average molecular weight is 271 g/mol. The summed E-state index contributed by atoms with van der Waals surface area (Å²) in [7, 11) is 1.38. The summed E-state index contributed by atoms with van der Waals surface area (Å²) in [6, 6.07) is 12.9. The van der Waals surface area contributed by atoms with Crippen molar-refractivity contribution in [2.24, 2.45) is 0 Å². The van der Waals surface area contributed by atoms with Crippen LogP contribution in [0, 0.1) is 6.92 Å². The summed E-state index contributed by atoms with van der Waals surface area (Å²) in [6.45, 7) is 1.98. The zero-order valence-electron chi connectivity index (χ0n) is 11.6. The van der Waals surface area contributed by atoms with E-state index in [0.29, 0.717) is 17.2 Å². The number of ether oxygens (including phenoxy) is 2. The van der Waals surface area contributed by atoms with E-state index in [0.717, 1.165) is 11.1 Å². The number of carbonyl (C=O) groups excluding carboxylic acids is 1. The van der Waals surface area contributed by atoms with Crippen LogP contribution in [0.15, 0.2) is 42.5 Å². The molecule has 0 aliphatic heterocycles. The Hall–Kier alpha value is -2.49. The first-order chi connectivity index (χ1) is 9.58. The van der Waals surface area contributed by atoms with Crippen LogP contribution in [0.5, 0.6) is 11.5 Å². The molecule has 4 nitrogen and oxygen atoms in total. The summed E-state index contributed by atoms with van der Waals surface area (Å²) >= 11 is 0. The lowest BCUT2D eigenvalue weighted by Crippen LogP contribution is -2.04. The van der Waals surface area contributed by atoms with Crippen LogP contribution in [0.25, 0.3) is 0 Å². The molecular formula is C16H17NO3. The first-order valence-electron chi connectivity index (χ1n) is 6.28. The first kappa shape index (κ1) is 13.9. The fourth-order valence-electron chi connectivity index (χ4n) is 1.77. The minimum absolute atomic E-state index is 0.253. The zero-order valence-corrected chi connectivity index (χ0v) is 11.6. The first-order valence-corrected chi connectivity index (χ1v) is 6.28. The zero-order chi connectivity index (χ0) is 14.5. The van der Waals surface area contributed by atoms with Crippen molar-refractivity contribution in [3.05, 3.63) is 53.6 Å². The number of hydrogen-bond donors (Lipinski definition) is 1. The Balaban J connectivity index is 2.10. The molecule has 0 aromatic heterocycles. The predicted molar refractivity (Wildman–Crippen MR) is 77.8 cm³/mol. The van der Waals surface area contributed by atoms with Gasteiger partial charge in [-0.2, -0.15) is 0 Å². The van der Waals surface area contributed by atoms with Gasteiger partial charge in [-0.25, -0.2) is 0 Å². The number of aryl methyl sites for hydroxylation is 1. The Morgan fingerprint density at radius 3 is 2.50 bits per heavy atom. The SMILES string of the molecule is COC(=O)Cc1ccc(Oc2cc(C)ccc2N)cc1. The van der Waals surface area contributed by atoms with Crippen LogP contribution in [-0.4, -0.2) is 13.1 Å². The van der Waals surface area contributed by atoms with Gasteiger partial charge < -0.3 is 15.2 Å². The van der Waals surface area contributed by atoms with Crippen molar-refractivity contribution in [3.63, 3.8) is 0 Å². The molecule has 0 saturated carbocycles. The van der Waals surface area contributed by atoms with Crippen LogP contribution in [0.2, 0.25) is 0 Å². The molecule has 0 aliphatic rings. The molecule has 0 bridgehead atoms. The van der Waals surface area contributed by atoms with E-state index in [2.05, 4.69) is 4.74 Å². The number of nitrogen functional groups attached to an aromatic ring is 1. The van der Waals surface area contributed by atoms with Gasteiger partial charge in [0.2, 0.25) is 0 Å². The van der Waals surface area contributed by atoms with Crippen LogP contribution in [0.1, 0.15) is 11.1 Å². The molecule has 0 saturated heterocycles. The van der Waals surface area contributed by atoms with Crippen molar-refractivity contribution < 1.29 is 14.3 Å². The Morgan fingerprint density at radius 1 is 1.15 bits per heavy atom. The number of anilines is 1. The van der Waals surface area contributed by atoms with Gasteiger partial charge in [0.05, 0.1) is 19.2 Å². The molecular weight excluding hydrogens is 254 g/mol. The van der Waals surface area contributed by atoms with E-state index < -0.39 is 0 Å². The molecule has 0 unspecified atom stereocenters. The van der Waals surface area contributed by atoms with E-state index in [9.17, 15) is 4.79 Å². The second kappa shape index (κ2) is 6.10. The van der Waals surface area contributed by atoms with Gasteiger partial charge >= 0.3 is 5.97 Å². The van der Waals surface area contributed by atoms with Crippen LogP contribution >= 0.6 is 0 Å². The molecule has 0 fully saturated rings. The van der Waals surface area contributed by atoms with Crippen LogP contribution < -0.4 is 10.5 Å². The third kappa shape index (κ3) is 3.51. The van der Waals surface area contributed by atoms with Gasteiger partial charge in [0.1, 0.15) is 5.75 Å². The lowest BCUT2D eigenvalue weighted by molar-refractivity contribution is -0.139. The van der Waals surface area contributed by atoms with E-state index in [1.54, 1.807) is 12.1 Å². The van der Waals surface area contributed by atoms with Crippen molar-refractivity contribution in [1.29, 1.82) is 0 Å². The topological polar surface area (TPSA) is 61.5 Å². The van der Waals surface area contributed by atoms with Crippen molar-refractivity contribution in [3.8, 4) is 11.5 Å². The molecule has 0 spiro atoms. The molecule has 0 radical (unpaired) electrons. The predicted octanol–water partition coefficient (Wildman–Crippen LogP) is 3.09. The Labute approximate surface area is 118 Å². The molecule has 0 heterocycles. The van der Waals surface area contributed by atoms with Crippen molar-refractivity contribution in [2.75, 3.05) is 12.8 Å². The molecule has 2 N–H and O–H groups in total. The fraction of sp³-hybridized carbons (Fsp3) is 0.188. The van der Waals surface area contributed by atoms with Crippen molar-refractivity contribution in [2.45, 2.75) is 13.3 Å². The van der Waals surface area contributed by atoms with Gasteiger partial charge in [-0.1, -0.05) is 18.2 Å². The van der Waals surface area contributed by atoms with Gasteiger partial charge in [-0.3, -0.25) is 4.79 Å². The summed E-state index contributed by atoms with van der Waals surface area (Å²) in [5.41, 5.74) is 8.41. The number of rotatable bonds is 4. The maximum atomic E-state index is 11.2. The molecule has 0 amide bonds. The number of methoxy groups -OCH3 is 1. The second-order valence-electron chi connectivity index (χ2n) is 4.54. The Morgan fingerprint density at radius 2 is 1.85 bits per heavy atom. The lowest BCUT2D eigenvalue weighted by Gasteiger charge is -2.09. The summed E-state index contributed by atoms with van der Waals surface area (Å²) in [6.07, 6.45) is 0.253. The normalized spacial score (nSPS) is 10.1. The average Bonchev–Trinajstić information content (AvgIpc) is 2.45. The number of benzene rings is 2. The minimum Gasteiger partial charge on any atom is -0.469 e. The highest BCUT2D eigenvalue weighted by Crippen LogP contribution is 2.28. The van der Waals surface area contributed by atoms with Gasteiger partial charge in [0.15, 0.2) is 5.75 Å². The Bertz CT molecular complexity index is 606. The van der Waals surface area contributed by atoms with Gasteiger partial charge in [0, 0.05) is 0 Å². The van der Waals surface area contributed by atoms with E-state index in [1.165, 1.54) is 7.11 Å². The molecule has 2 aromatic rings. The van der Waals surface area contributed by atoms with Crippen molar-refractivity contribution >= 4 is 11.7 Å². The molecule has 4 heteroatoms.